The Morgan fingerprint density at radius 2 is 1.92 bits per heavy atom. The highest BCUT2D eigenvalue weighted by Crippen LogP contribution is 2.44. The lowest BCUT2D eigenvalue weighted by molar-refractivity contribution is 0.0500. The molecule has 0 unspecified atom stereocenters. The SMILES string of the molecule is Cn1nnn(-c2cc(Nc3ncc(F)c(N[C@H]4C[C@@H]5CCCN5C(C)(C)C4)n3)c(F)cc2C2CC2)c1=O. The Kier molecular flexibility index (Phi) is 5.74. The maximum absolute atomic E-state index is 15.1. The Hall–Kier alpha value is -3.41. The molecule has 0 spiro atoms. The number of nitrogens with zero attached hydrogens (tertiary/aromatic N) is 7. The van der Waals surface area contributed by atoms with Crippen LogP contribution in [0.5, 0.6) is 0 Å². The third-order valence-corrected chi connectivity index (χ3v) is 7.87. The summed E-state index contributed by atoms with van der Waals surface area (Å²) in [7, 11) is 1.50. The van der Waals surface area contributed by atoms with Crippen molar-refractivity contribution in [3.8, 4) is 5.69 Å². The first-order chi connectivity index (χ1) is 17.7. The molecular formula is C25H31F2N9O. The fraction of sp³-hybridized carbons (Fsp3) is 0.560. The molecule has 3 aromatic rings. The fourth-order valence-corrected chi connectivity index (χ4v) is 6.00. The summed E-state index contributed by atoms with van der Waals surface area (Å²) in [5.74, 6) is -0.767. The fourth-order valence-electron chi connectivity index (χ4n) is 6.00. The van der Waals surface area contributed by atoms with Crippen LogP contribution in [-0.2, 0) is 7.05 Å². The van der Waals surface area contributed by atoms with Crippen LogP contribution in [0.2, 0.25) is 0 Å². The van der Waals surface area contributed by atoms with Crippen molar-refractivity contribution in [1.82, 2.24) is 34.7 Å². The summed E-state index contributed by atoms with van der Waals surface area (Å²) in [4.78, 5) is 23.4. The summed E-state index contributed by atoms with van der Waals surface area (Å²) in [6.07, 6.45) is 7.03. The molecule has 3 aliphatic rings. The summed E-state index contributed by atoms with van der Waals surface area (Å²) < 4.78 is 32.2. The molecule has 2 atom stereocenters. The number of hydrogen-bond acceptors (Lipinski definition) is 8. The van der Waals surface area contributed by atoms with Crippen LogP contribution in [0.15, 0.2) is 23.1 Å². The Morgan fingerprint density at radius 3 is 2.65 bits per heavy atom. The van der Waals surface area contributed by atoms with Gasteiger partial charge in [-0.05, 0) is 93.0 Å². The largest absolute Gasteiger partial charge is 0.368 e. The predicted molar refractivity (Wildman–Crippen MR) is 134 cm³/mol. The van der Waals surface area contributed by atoms with E-state index in [1.165, 1.54) is 25.6 Å². The van der Waals surface area contributed by atoms with Crippen molar-refractivity contribution in [3.63, 3.8) is 0 Å². The third-order valence-electron chi connectivity index (χ3n) is 7.87. The predicted octanol–water partition coefficient (Wildman–Crippen LogP) is 3.47. The lowest BCUT2D eigenvalue weighted by atomic mass is 9.84. The van der Waals surface area contributed by atoms with E-state index in [0.29, 0.717) is 17.3 Å². The first-order valence-electron chi connectivity index (χ1n) is 12.9. The van der Waals surface area contributed by atoms with Gasteiger partial charge in [0.05, 0.1) is 17.6 Å². The van der Waals surface area contributed by atoms with Gasteiger partial charge in [-0.3, -0.25) is 4.90 Å². The van der Waals surface area contributed by atoms with Gasteiger partial charge in [0.2, 0.25) is 5.95 Å². The van der Waals surface area contributed by atoms with E-state index in [2.05, 4.69) is 49.8 Å². The molecule has 0 radical (unpaired) electrons. The van der Waals surface area contributed by atoms with Gasteiger partial charge in [0.25, 0.3) is 0 Å². The van der Waals surface area contributed by atoms with Gasteiger partial charge < -0.3 is 10.6 Å². The molecule has 2 saturated heterocycles. The molecule has 0 amide bonds. The minimum absolute atomic E-state index is 0.0168. The van der Waals surface area contributed by atoms with Gasteiger partial charge in [-0.15, -0.1) is 0 Å². The molecule has 3 fully saturated rings. The maximum Gasteiger partial charge on any atom is 0.368 e. The van der Waals surface area contributed by atoms with Gasteiger partial charge in [0.1, 0.15) is 5.82 Å². The van der Waals surface area contributed by atoms with Gasteiger partial charge >= 0.3 is 5.69 Å². The zero-order chi connectivity index (χ0) is 25.9. The van der Waals surface area contributed by atoms with E-state index < -0.39 is 17.3 Å². The Morgan fingerprint density at radius 1 is 1.11 bits per heavy atom. The van der Waals surface area contributed by atoms with Crippen molar-refractivity contribution in [3.05, 3.63) is 46.0 Å². The second-order valence-electron chi connectivity index (χ2n) is 11.1. The number of rotatable bonds is 6. The number of piperidine rings is 1. The third kappa shape index (κ3) is 4.47. The second-order valence-corrected chi connectivity index (χ2v) is 11.1. The minimum Gasteiger partial charge on any atom is -0.365 e. The molecule has 6 rings (SSSR count). The monoisotopic (exact) mass is 511 g/mol. The van der Waals surface area contributed by atoms with E-state index in [-0.39, 0.29) is 35.0 Å². The van der Waals surface area contributed by atoms with Crippen molar-refractivity contribution in [2.75, 3.05) is 17.2 Å². The van der Waals surface area contributed by atoms with E-state index in [9.17, 15) is 9.18 Å². The van der Waals surface area contributed by atoms with Gasteiger partial charge in [-0.2, -0.15) is 14.3 Å². The number of aromatic nitrogens is 6. The lowest BCUT2D eigenvalue weighted by Gasteiger charge is -2.47. The average Bonchev–Trinajstić information content (AvgIpc) is 3.49. The van der Waals surface area contributed by atoms with Crippen LogP contribution in [-0.4, -0.2) is 58.8 Å². The molecule has 2 aromatic heterocycles. The maximum atomic E-state index is 15.1. The Balaban J connectivity index is 1.27. The zero-order valence-corrected chi connectivity index (χ0v) is 21.2. The van der Waals surface area contributed by atoms with Crippen molar-refractivity contribution in [2.45, 2.75) is 75.9 Å². The molecular weight excluding hydrogens is 480 g/mol. The summed E-state index contributed by atoms with van der Waals surface area (Å²) in [6.45, 7) is 5.57. The lowest BCUT2D eigenvalue weighted by Crippen LogP contribution is -2.55. The zero-order valence-electron chi connectivity index (χ0n) is 21.2. The standard InChI is InChI=1S/C25H31F2N9O/c1-25(2)12-15(9-16-5-4-8-35(16)25)29-22-19(27)13-28-23(31-22)30-20-11-21(36-24(37)34(3)32-33-36)17(10-18(20)26)14-6-7-14/h10-11,13-16H,4-9,12H2,1-3H3,(H2,28,29,30,31)/t15-,16-/m0/s1. The quantitative estimate of drug-likeness (QED) is 0.518. The van der Waals surface area contributed by atoms with Crippen molar-refractivity contribution < 1.29 is 8.78 Å². The average molecular weight is 512 g/mol. The van der Waals surface area contributed by atoms with Crippen LogP contribution in [0.3, 0.4) is 0 Å². The number of fused-ring (bicyclic) bond motifs is 1. The molecule has 2 N–H and O–H groups in total. The number of benzene rings is 1. The van der Waals surface area contributed by atoms with Crippen LogP contribution < -0.4 is 16.3 Å². The molecule has 196 valence electrons. The van der Waals surface area contributed by atoms with Gasteiger partial charge in [0.15, 0.2) is 11.6 Å². The van der Waals surface area contributed by atoms with E-state index in [0.717, 1.165) is 54.2 Å². The smallest absolute Gasteiger partial charge is 0.365 e. The van der Waals surface area contributed by atoms with E-state index in [1.54, 1.807) is 0 Å². The highest BCUT2D eigenvalue weighted by atomic mass is 19.1. The normalized spacial score (nSPS) is 23.2. The molecule has 4 heterocycles. The summed E-state index contributed by atoms with van der Waals surface area (Å²) in [5, 5.41) is 13.9. The van der Waals surface area contributed by atoms with Crippen LogP contribution in [0.4, 0.5) is 26.2 Å². The Labute approximate surface area is 213 Å². The minimum atomic E-state index is -0.562. The molecule has 1 aromatic carbocycles. The van der Waals surface area contributed by atoms with Gasteiger partial charge in [0, 0.05) is 24.7 Å². The van der Waals surface area contributed by atoms with Crippen molar-refractivity contribution in [2.24, 2.45) is 7.05 Å². The van der Waals surface area contributed by atoms with E-state index in [1.807, 2.05) is 0 Å². The molecule has 0 bridgehead atoms. The first-order valence-corrected chi connectivity index (χ1v) is 12.9. The Bertz CT molecular complexity index is 1400. The topological polar surface area (TPSA) is 106 Å². The van der Waals surface area contributed by atoms with Crippen molar-refractivity contribution in [1.29, 1.82) is 0 Å². The highest BCUT2D eigenvalue weighted by molar-refractivity contribution is 5.62. The van der Waals surface area contributed by atoms with E-state index >= 15 is 4.39 Å². The number of halogens is 2. The molecule has 1 aliphatic carbocycles. The number of anilines is 3. The van der Waals surface area contributed by atoms with Gasteiger partial charge in [-0.25, -0.2) is 18.6 Å². The first kappa shape index (κ1) is 24.0. The van der Waals surface area contributed by atoms with Crippen LogP contribution in [0.1, 0.15) is 63.9 Å². The summed E-state index contributed by atoms with van der Waals surface area (Å²) >= 11 is 0. The van der Waals surface area contributed by atoms with Crippen LogP contribution in [0.25, 0.3) is 5.69 Å². The second kappa shape index (κ2) is 8.86. The molecule has 2 aliphatic heterocycles. The van der Waals surface area contributed by atoms with E-state index in [4.69, 9.17) is 0 Å². The van der Waals surface area contributed by atoms with Crippen molar-refractivity contribution >= 4 is 17.5 Å². The number of aryl methyl sites for hydroxylation is 1. The molecule has 10 nitrogen and oxygen atoms in total. The highest BCUT2D eigenvalue weighted by Gasteiger charge is 2.43. The molecule has 37 heavy (non-hydrogen) atoms. The molecule has 1 saturated carbocycles. The molecule has 12 heteroatoms. The number of hydrogen-bond donors (Lipinski definition) is 2. The van der Waals surface area contributed by atoms with Gasteiger partial charge in [-0.1, -0.05) is 0 Å². The number of nitrogens with one attached hydrogen (secondary N) is 2. The number of tetrazole rings is 1. The van der Waals surface area contributed by atoms with Crippen LogP contribution in [0, 0.1) is 11.6 Å². The summed E-state index contributed by atoms with van der Waals surface area (Å²) in [6, 6.07) is 3.47. The van der Waals surface area contributed by atoms with Crippen LogP contribution >= 0.6 is 0 Å². The summed E-state index contributed by atoms with van der Waals surface area (Å²) in [5.41, 5.74) is 0.808.